The topological polar surface area (TPSA) is 26.0 Å². The Kier molecular flexibility index (Phi) is 2.44. The van der Waals surface area contributed by atoms with Gasteiger partial charge in [0.25, 0.3) is 0 Å². The van der Waals surface area contributed by atoms with Gasteiger partial charge in [0.05, 0.1) is 9.90 Å². The normalized spacial score (nSPS) is 10.4. The van der Waals surface area contributed by atoms with Gasteiger partial charge in [-0.3, -0.25) is 0 Å². The minimum atomic E-state index is -0.334. The molecule has 0 saturated carbocycles. The molecule has 0 aliphatic carbocycles. The minimum absolute atomic E-state index is 0.334. The fourth-order valence-electron chi connectivity index (χ4n) is 1.23. The van der Waals surface area contributed by atoms with Gasteiger partial charge in [-0.25, -0.2) is 4.39 Å². The molecule has 1 nitrogen and oxygen atoms in total. The molecular weight excluding hydrogens is 221 g/mol. The number of hydrogen-bond donors (Lipinski definition) is 1. The number of thiophene rings is 1. The van der Waals surface area contributed by atoms with Crippen LogP contribution in [-0.2, 0) is 0 Å². The van der Waals surface area contributed by atoms with Crippen LogP contribution >= 0.6 is 22.9 Å². The highest BCUT2D eigenvalue weighted by Crippen LogP contribution is 2.36. The highest BCUT2D eigenvalue weighted by atomic mass is 35.5. The minimum Gasteiger partial charge on any atom is -0.398 e. The largest absolute Gasteiger partial charge is 0.398 e. The van der Waals surface area contributed by atoms with Crippen LogP contribution in [0.15, 0.2) is 29.6 Å². The molecule has 0 amide bonds. The average Bonchev–Trinajstić information content (AvgIpc) is 2.52. The van der Waals surface area contributed by atoms with Gasteiger partial charge in [-0.2, -0.15) is 0 Å². The van der Waals surface area contributed by atoms with E-state index < -0.39 is 0 Å². The van der Waals surface area contributed by atoms with Gasteiger partial charge in [-0.15, -0.1) is 11.3 Å². The fraction of sp³-hybridized carbons (Fsp3) is 0. The Morgan fingerprint density at radius 2 is 2.07 bits per heavy atom. The monoisotopic (exact) mass is 227 g/mol. The molecule has 1 heterocycles. The van der Waals surface area contributed by atoms with Crippen molar-refractivity contribution in [1.29, 1.82) is 0 Å². The van der Waals surface area contributed by atoms with Crippen molar-refractivity contribution < 1.29 is 4.39 Å². The van der Waals surface area contributed by atoms with Crippen LogP contribution in [0.3, 0.4) is 0 Å². The first-order valence-corrected chi connectivity index (χ1v) is 5.22. The lowest BCUT2D eigenvalue weighted by Gasteiger charge is -2.03. The van der Waals surface area contributed by atoms with Crippen molar-refractivity contribution in [2.45, 2.75) is 0 Å². The molecule has 1 aromatic heterocycles. The smallest absolute Gasteiger partial charge is 0.125 e. The molecule has 14 heavy (non-hydrogen) atoms. The van der Waals surface area contributed by atoms with Crippen molar-refractivity contribution >= 4 is 28.6 Å². The standard InChI is InChI=1S/C10H7ClFNS/c11-8-3-4-14-10(8)7-2-1-6(12)5-9(7)13/h1-5H,13H2. The zero-order valence-corrected chi connectivity index (χ0v) is 8.70. The molecule has 0 atom stereocenters. The van der Waals surface area contributed by atoms with Gasteiger partial charge >= 0.3 is 0 Å². The summed E-state index contributed by atoms with van der Waals surface area (Å²) in [7, 11) is 0. The number of hydrogen-bond acceptors (Lipinski definition) is 2. The van der Waals surface area contributed by atoms with E-state index in [0.29, 0.717) is 10.7 Å². The van der Waals surface area contributed by atoms with Gasteiger partial charge in [-0.05, 0) is 29.6 Å². The zero-order chi connectivity index (χ0) is 10.1. The summed E-state index contributed by atoms with van der Waals surface area (Å²) in [4.78, 5) is 0.879. The maximum Gasteiger partial charge on any atom is 0.125 e. The van der Waals surface area contributed by atoms with Gasteiger partial charge in [0.2, 0.25) is 0 Å². The number of nitrogen functional groups attached to an aromatic ring is 1. The van der Waals surface area contributed by atoms with E-state index in [-0.39, 0.29) is 5.82 Å². The molecule has 4 heteroatoms. The Labute approximate surface area is 89.9 Å². The van der Waals surface area contributed by atoms with Crippen molar-refractivity contribution in [3.8, 4) is 10.4 Å². The van der Waals surface area contributed by atoms with Gasteiger partial charge in [0.15, 0.2) is 0 Å². The fourth-order valence-corrected chi connectivity index (χ4v) is 2.43. The number of benzene rings is 1. The molecule has 0 aliphatic rings. The van der Waals surface area contributed by atoms with E-state index in [0.717, 1.165) is 10.4 Å². The van der Waals surface area contributed by atoms with E-state index >= 15 is 0 Å². The molecule has 0 unspecified atom stereocenters. The second-order valence-corrected chi connectivity index (χ2v) is 4.15. The van der Waals surface area contributed by atoms with Crippen molar-refractivity contribution in [3.05, 3.63) is 40.5 Å². The molecule has 2 N–H and O–H groups in total. The average molecular weight is 228 g/mol. The number of anilines is 1. The van der Waals surface area contributed by atoms with Crippen LogP contribution in [0.5, 0.6) is 0 Å². The third-order valence-corrected chi connectivity index (χ3v) is 3.25. The molecule has 0 bridgehead atoms. The summed E-state index contributed by atoms with van der Waals surface area (Å²) in [6.45, 7) is 0. The molecule has 0 saturated heterocycles. The summed E-state index contributed by atoms with van der Waals surface area (Å²) in [5.41, 5.74) is 6.88. The van der Waals surface area contributed by atoms with Crippen molar-refractivity contribution in [3.63, 3.8) is 0 Å². The lowest BCUT2D eigenvalue weighted by Crippen LogP contribution is -1.89. The van der Waals surface area contributed by atoms with Crippen LogP contribution in [0, 0.1) is 5.82 Å². The van der Waals surface area contributed by atoms with Crippen molar-refractivity contribution in [1.82, 2.24) is 0 Å². The molecule has 1 aromatic carbocycles. The van der Waals surface area contributed by atoms with Gasteiger partial charge in [0.1, 0.15) is 5.82 Å². The van der Waals surface area contributed by atoms with E-state index in [2.05, 4.69) is 0 Å². The van der Waals surface area contributed by atoms with Crippen molar-refractivity contribution in [2.75, 3.05) is 5.73 Å². The molecule has 0 spiro atoms. The Bertz CT molecular complexity index is 467. The van der Waals surface area contributed by atoms with Gasteiger partial charge in [-0.1, -0.05) is 11.6 Å². The summed E-state index contributed by atoms with van der Waals surface area (Å²) in [5, 5.41) is 2.52. The van der Waals surface area contributed by atoms with E-state index in [1.165, 1.54) is 23.5 Å². The zero-order valence-electron chi connectivity index (χ0n) is 7.13. The molecular formula is C10H7ClFNS. The van der Waals surface area contributed by atoms with E-state index in [1.807, 2.05) is 5.38 Å². The third kappa shape index (κ3) is 1.61. The van der Waals surface area contributed by atoms with Crippen LogP contribution in [0.25, 0.3) is 10.4 Å². The van der Waals surface area contributed by atoms with Crippen LogP contribution in [0.4, 0.5) is 10.1 Å². The highest BCUT2D eigenvalue weighted by molar-refractivity contribution is 7.14. The second kappa shape index (κ2) is 3.59. The first kappa shape index (κ1) is 9.49. The summed E-state index contributed by atoms with van der Waals surface area (Å²) in [6.07, 6.45) is 0. The lowest BCUT2D eigenvalue weighted by molar-refractivity contribution is 0.628. The molecule has 0 fully saturated rings. The Hall–Kier alpha value is -1.06. The quantitative estimate of drug-likeness (QED) is 0.737. The van der Waals surface area contributed by atoms with Crippen LogP contribution in [-0.4, -0.2) is 0 Å². The summed E-state index contributed by atoms with van der Waals surface area (Å²) >= 11 is 7.44. The Morgan fingerprint density at radius 3 is 2.64 bits per heavy atom. The number of rotatable bonds is 1. The Balaban J connectivity index is 2.58. The maximum atomic E-state index is 12.8. The van der Waals surface area contributed by atoms with Crippen LogP contribution in [0.1, 0.15) is 0 Å². The van der Waals surface area contributed by atoms with E-state index in [4.69, 9.17) is 17.3 Å². The predicted octanol–water partition coefficient (Wildman–Crippen LogP) is 3.79. The number of nitrogens with two attached hydrogens (primary N) is 1. The predicted molar refractivity (Wildman–Crippen MR) is 59.1 cm³/mol. The van der Waals surface area contributed by atoms with Crippen molar-refractivity contribution in [2.24, 2.45) is 0 Å². The van der Waals surface area contributed by atoms with Crippen LogP contribution < -0.4 is 5.73 Å². The molecule has 2 aromatic rings. The first-order chi connectivity index (χ1) is 6.68. The second-order valence-electron chi connectivity index (χ2n) is 2.83. The van der Waals surface area contributed by atoms with E-state index in [1.54, 1.807) is 12.1 Å². The summed E-state index contributed by atoms with van der Waals surface area (Å²) < 4.78 is 12.8. The third-order valence-electron chi connectivity index (χ3n) is 1.88. The molecule has 2 rings (SSSR count). The van der Waals surface area contributed by atoms with Gasteiger partial charge in [0, 0.05) is 11.3 Å². The Morgan fingerprint density at radius 1 is 1.29 bits per heavy atom. The van der Waals surface area contributed by atoms with Crippen LogP contribution in [0.2, 0.25) is 5.02 Å². The number of halogens is 2. The SMILES string of the molecule is Nc1cc(F)ccc1-c1sccc1Cl. The summed E-state index contributed by atoms with van der Waals surface area (Å²) in [5.74, 6) is -0.334. The van der Waals surface area contributed by atoms with Gasteiger partial charge < -0.3 is 5.73 Å². The summed E-state index contributed by atoms with van der Waals surface area (Å²) in [6, 6.07) is 6.11. The first-order valence-electron chi connectivity index (χ1n) is 3.97. The lowest BCUT2D eigenvalue weighted by atomic mass is 10.1. The molecule has 0 aliphatic heterocycles. The highest BCUT2D eigenvalue weighted by Gasteiger charge is 2.08. The molecule has 72 valence electrons. The maximum absolute atomic E-state index is 12.8. The molecule has 0 radical (unpaired) electrons. The van der Waals surface area contributed by atoms with E-state index in [9.17, 15) is 4.39 Å².